The Kier molecular flexibility index (Phi) is 5.72. The van der Waals surface area contributed by atoms with E-state index in [1.54, 1.807) is 13.0 Å². The van der Waals surface area contributed by atoms with E-state index in [0.717, 1.165) is 11.3 Å². The molecule has 2 aliphatic heterocycles. The van der Waals surface area contributed by atoms with E-state index in [1.807, 2.05) is 31.2 Å². The lowest BCUT2D eigenvalue weighted by molar-refractivity contribution is -0.123. The zero-order chi connectivity index (χ0) is 22.2. The van der Waals surface area contributed by atoms with E-state index in [0.29, 0.717) is 24.3 Å². The molecule has 0 aromatic heterocycles. The van der Waals surface area contributed by atoms with E-state index in [1.165, 1.54) is 16.4 Å². The number of fused-ring (bicyclic) bond motifs is 1. The number of hydrogen-bond donors (Lipinski definition) is 2. The van der Waals surface area contributed by atoms with E-state index in [-0.39, 0.29) is 35.7 Å². The van der Waals surface area contributed by atoms with E-state index in [4.69, 9.17) is 4.74 Å². The number of nitrogens with zero attached hydrogens (tertiary/aromatic N) is 1. The number of sulfonamides is 1. The van der Waals surface area contributed by atoms with Crippen LogP contribution in [0.15, 0.2) is 47.4 Å². The van der Waals surface area contributed by atoms with Crippen molar-refractivity contribution >= 4 is 33.2 Å². The van der Waals surface area contributed by atoms with Gasteiger partial charge in [-0.05, 0) is 56.5 Å². The molecule has 8 nitrogen and oxygen atoms in total. The summed E-state index contributed by atoms with van der Waals surface area (Å²) in [5, 5.41) is 5.62. The SMILES string of the molecule is Cc1ccccc1NC(=O)C1CCN(S(=O)(=O)c2ccc3c(c2)NC(=O)C(C)O3)CC1. The van der Waals surface area contributed by atoms with Crippen molar-refractivity contribution in [3.8, 4) is 5.75 Å². The first-order chi connectivity index (χ1) is 14.8. The summed E-state index contributed by atoms with van der Waals surface area (Å²) in [4.78, 5) is 24.6. The van der Waals surface area contributed by atoms with Gasteiger partial charge in [0, 0.05) is 24.7 Å². The highest BCUT2D eigenvalue weighted by Crippen LogP contribution is 2.33. The molecule has 164 valence electrons. The van der Waals surface area contributed by atoms with Gasteiger partial charge in [0.1, 0.15) is 5.75 Å². The number of amides is 2. The third kappa shape index (κ3) is 4.28. The Bertz CT molecular complexity index is 1120. The highest BCUT2D eigenvalue weighted by molar-refractivity contribution is 7.89. The number of hydrogen-bond acceptors (Lipinski definition) is 5. The maximum absolute atomic E-state index is 13.1. The van der Waals surface area contributed by atoms with Gasteiger partial charge in [-0.15, -0.1) is 0 Å². The van der Waals surface area contributed by atoms with Crippen molar-refractivity contribution in [3.63, 3.8) is 0 Å². The topological polar surface area (TPSA) is 105 Å². The predicted octanol–water partition coefficient (Wildman–Crippen LogP) is 2.75. The second-order valence-corrected chi connectivity index (χ2v) is 9.83. The van der Waals surface area contributed by atoms with Gasteiger partial charge < -0.3 is 15.4 Å². The largest absolute Gasteiger partial charge is 0.479 e. The molecule has 0 spiro atoms. The smallest absolute Gasteiger partial charge is 0.265 e. The molecule has 4 rings (SSSR count). The van der Waals surface area contributed by atoms with Crippen LogP contribution in [0.1, 0.15) is 25.3 Å². The number of carbonyl (C=O) groups is 2. The zero-order valence-electron chi connectivity index (χ0n) is 17.4. The van der Waals surface area contributed by atoms with Crippen molar-refractivity contribution in [2.45, 2.75) is 37.7 Å². The van der Waals surface area contributed by atoms with Crippen molar-refractivity contribution in [2.75, 3.05) is 23.7 Å². The molecule has 1 fully saturated rings. The highest BCUT2D eigenvalue weighted by Gasteiger charge is 2.33. The number of piperidine rings is 1. The van der Waals surface area contributed by atoms with Gasteiger partial charge >= 0.3 is 0 Å². The van der Waals surface area contributed by atoms with Gasteiger partial charge in [0.15, 0.2) is 6.10 Å². The van der Waals surface area contributed by atoms with Crippen LogP contribution in [0.3, 0.4) is 0 Å². The van der Waals surface area contributed by atoms with Crippen LogP contribution >= 0.6 is 0 Å². The number of para-hydroxylation sites is 1. The Morgan fingerprint density at radius 2 is 1.87 bits per heavy atom. The molecule has 0 aliphatic carbocycles. The summed E-state index contributed by atoms with van der Waals surface area (Å²) in [7, 11) is -3.75. The fraction of sp³-hybridized carbons (Fsp3) is 0.364. The van der Waals surface area contributed by atoms with Gasteiger partial charge in [0.05, 0.1) is 10.6 Å². The quantitative estimate of drug-likeness (QED) is 0.756. The molecule has 2 aromatic rings. The van der Waals surface area contributed by atoms with E-state index >= 15 is 0 Å². The van der Waals surface area contributed by atoms with Crippen molar-refractivity contribution in [1.82, 2.24) is 4.31 Å². The van der Waals surface area contributed by atoms with Crippen LogP contribution in [0.2, 0.25) is 0 Å². The number of anilines is 2. The standard InChI is InChI=1S/C22H25N3O5S/c1-14-5-3-4-6-18(14)23-22(27)16-9-11-25(12-10-16)31(28,29)17-7-8-20-19(13-17)24-21(26)15(2)30-20/h3-8,13,15-16H,9-12H2,1-2H3,(H,23,27)(H,24,26). The molecule has 2 aliphatic rings. The molecule has 0 bridgehead atoms. The van der Waals surface area contributed by atoms with Gasteiger partial charge in [-0.1, -0.05) is 18.2 Å². The summed E-state index contributed by atoms with van der Waals surface area (Å²) in [6.45, 7) is 4.07. The second kappa shape index (κ2) is 8.32. The average molecular weight is 444 g/mol. The molecular weight excluding hydrogens is 418 g/mol. The summed E-state index contributed by atoms with van der Waals surface area (Å²) < 4.78 is 33.1. The third-order valence-electron chi connectivity index (χ3n) is 5.75. The van der Waals surface area contributed by atoms with E-state index in [9.17, 15) is 18.0 Å². The Morgan fingerprint density at radius 1 is 1.16 bits per heavy atom. The zero-order valence-corrected chi connectivity index (χ0v) is 18.2. The van der Waals surface area contributed by atoms with Gasteiger partial charge in [-0.25, -0.2) is 8.42 Å². The molecule has 1 atom stereocenters. The summed E-state index contributed by atoms with van der Waals surface area (Å²) in [6, 6.07) is 12.0. The molecule has 1 unspecified atom stereocenters. The van der Waals surface area contributed by atoms with Crippen molar-refractivity contribution in [2.24, 2.45) is 5.92 Å². The fourth-order valence-corrected chi connectivity index (χ4v) is 5.30. The molecule has 0 radical (unpaired) electrons. The minimum Gasteiger partial charge on any atom is -0.479 e. The maximum atomic E-state index is 13.1. The van der Waals surface area contributed by atoms with Crippen LogP contribution < -0.4 is 15.4 Å². The molecule has 0 saturated carbocycles. The summed E-state index contributed by atoms with van der Waals surface area (Å²) in [5.74, 6) is -0.210. The third-order valence-corrected chi connectivity index (χ3v) is 7.64. The minimum atomic E-state index is -3.75. The molecule has 1 saturated heterocycles. The molecular formula is C22H25N3O5S. The number of ether oxygens (including phenoxy) is 1. The number of benzene rings is 2. The Morgan fingerprint density at radius 3 is 2.58 bits per heavy atom. The number of aryl methyl sites for hydroxylation is 1. The monoisotopic (exact) mass is 443 g/mol. The van der Waals surface area contributed by atoms with E-state index < -0.39 is 16.1 Å². The predicted molar refractivity (Wildman–Crippen MR) is 116 cm³/mol. The summed E-state index contributed by atoms with van der Waals surface area (Å²) in [5.41, 5.74) is 2.10. The fourth-order valence-electron chi connectivity index (χ4n) is 3.80. The van der Waals surface area contributed by atoms with Crippen LogP contribution in [0.4, 0.5) is 11.4 Å². The Hall–Kier alpha value is -2.91. The molecule has 2 heterocycles. The van der Waals surface area contributed by atoms with E-state index in [2.05, 4.69) is 10.6 Å². The van der Waals surface area contributed by atoms with Gasteiger partial charge in [0.25, 0.3) is 5.91 Å². The van der Waals surface area contributed by atoms with Crippen LogP contribution in [0.25, 0.3) is 0 Å². The molecule has 31 heavy (non-hydrogen) atoms. The summed E-state index contributed by atoms with van der Waals surface area (Å²) in [6.07, 6.45) is 0.262. The van der Waals surface area contributed by atoms with Gasteiger partial charge in [0.2, 0.25) is 15.9 Å². The maximum Gasteiger partial charge on any atom is 0.265 e. The first kappa shape index (κ1) is 21.3. The van der Waals surface area contributed by atoms with Crippen LogP contribution in [-0.4, -0.2) is 43.7 Å². The Labute approximate surface area is 181 Å². The number of rotatable bonds is 4. The van der Waals surface area contributed by atoms with Crippen molar-refractivity contribution < 1.29 is 22.7 Å². The molecule has 2 N–H and O–H groups in total. The lowest BCUT2D eigenvalue weighted by Crippen LogP contribution is -2.41. The van der Waals surface area contributed by atoms with Gasteiger partial charge in [-0.2, -0.15) is 4.31 Å². The average Bonchev–Trinajstić information content (AvgIpc) is 2.76. The lowest BCUT2D eigenvalue weighted by atomic mass is 9.97. The van der Waals surface area contributed by atoms with Gasteiger partial charge in [-0.3, -0.25) is 9.59 Å². The van der Waals surface area contributed by atoms with Crippen LogP contribution in [0.5, 0.6) is 5.75 Å². The molecule has 2 amide bonds. The first-order valence-corrected chi connectivity index (χ1v) is 11.7. The molecule has 9 heteroatoms. The Balaban J connectivity index is 1.42. The second-order valence-electron chi connectivity index (χ2n) is 7.89. The van der Waals surface area contributed by atoms with Crippen LogP contribution in [-0.2, 0) is 19.6 Å². The normalized spacial score (nSPS) is 19.8. The molecule has 2 aromatic carbocycles. The van der Waals surface area contributed by atoms with Crippen LogP contribution in [0, 0.1) is 12.8 Å². The first-order valence-electron chi connectivity index (χ1n) is 10.2. The van der Waals surface area contributed by atoms with Crippen molar-refractivity contribution in [3.05, 3.63) is 48.0 Å². The number of nitrogens with one attached hydrogen (secondary N) is 2. The number of carbonyl (C=O) groups excluding carboxylic acids is 2. The highest BCUT2D eigenvalue weighted by atomic mass is 32.2. The summed E-state index contributed by atoms with van der Waals surface area (Å²) >= 11 is 0. The minimum absolute atomic E-state index is 0.0888. The van der Waals surface area contributed by atoms with Crippen molar-refractivity contribution in [1.29, 1.82) is 0 Å². The lowest BCUT2D eigenvalue weighted by Gasteiger charge is -2.31.